The topological polar surface area (TPSA) is 32.7 Å². The van der Waals surface area contributed by atoms with Crippen molar-refractivity contribution in [3.63, 3.8) is 0 Å². The maximum Gasteiger partial charge on any atom is 0.280 e. The van der Waals surface area contributed by atoms with Crippen molar-refractivity contribution in [3.05, 3.63) is 71.6 Å². The first-order valence-electron chi connectivity index (χ1n) is 6.57. The number of hydrazone groups is 1. The van der Waals surface area contributed by atoms with E-state index in [0.717, 1.165) is 5.56 Å². The number of carbonyl (C=O) groups excluding carboxylic acids is 1. The Morgan fingerprint density at radius 3 is 2.38 bits per heavy atom. The third kappa shape index (κ3) is 2.60. The minimum atomic E-state index is -0.342. The molecular weight excluding hydrogens is 267 g/mol. The zero-order valence-corrected chi connectivity index (χ0v) is 11.5. The summed E-state index contributed by atoms with van der Waals surface area (Å²) in [5.74, 6) is -0.547. The van der Waals surface area contributed by atoms with Crippen molar-refractivity contribution in [2.45, 2.75) is 6.92 Å². The first kappa shape index (κ1) is 13.2. The highest BCUT2D eigenvalue weighted by molar-refractivity contribution is 6.32. The number of rotatable bonds is 2. The van der Waals surface area contributed by atoms with E-state index in [1.165, 1.54) is 29.3 Å². The molecule has 0 aromatic heterocycles. The Labute approximate surface area is 122 Å². The highest BCUT2D eigenvalue weighted by atomic mass is 19.1. The number of hydrogen-bond donors (Lipinski definition) is 0. The van der Waals surface area contributed by atoms with Crippen LogP contribution in [-0.2, 0) is 4.79 Å². The summed E-state index contributed by atoms with van der Waals surface area (Å²) in [6.07, 6.45) is 1.81. The maximum absolute atomic E-state index is 13.0. The molecule has 3 nitrogen and oxygen atoms in total. The van der Waals surface area contributed by atoms with Crippen LogP contribution in [0.25, 0.3) is 6.08 Å². The van der Waals surface area contributed by atoms with Crippen LogP contribution in [0.1, 0.15) is 12.5 Å². The van der Waals surface area contributed by atoms with Crippen LogP contribution in [0.2, 0.25) is 0 Å². The summed E-state index contributed by atoms with van der Waals surface area (Å²) in [6, 6.07) is 15.3. The standard InChI is InChI=1S/C17H13FN2O/c1-12-16(11-13-5-3-2-4-6-13)17(21)20(19-12)15-9-7-14(18)8-10-15/h2-11H,1H3/b16-11+. The minimum absolute atomic E-state index is 0.206. The van der Waals surface area contributed by atoms with Crippen molar-refractivity contribution in [1.29, 1.82) is 0 Å². The first-order valence-corrected chi connectivity index (χ1v) is 6.57. The molecule has 0 saturated carbocycles. The van der Waals surface area contributed by atoms with Crippen LogP contribution in [-0.4, -0.2) is 11.6 Å². The van der Waals surface area contributed by atoms with Gasteiger partial charge in [-0.1, -0.05) is 30.3 Å². The van der Waals surface area contributed by atoms with Crippen molar-refractivity contribution >= 4 is 23.4 Å². The van der Waals surface area contributed by atoms with E-state index in [1.54, 1.807) is 6.92 Å². The van der Waals surface area contributed by atoms with Gasteiger partial charge in [-0.05, 0) is 42.8 Å². The molecule has 0 N–H and O–H groups in total. The van der Waals surface area contributed by atoms with E-state index in [0.29, 0.717) is 17.0 Å². The Kier molecular flexibility index (Phi) is 3.36. The quantitative estimate of drug-likeness (QED) is 0.773. The average molecular weight is 280 g/mol. The van der Waals surface area contributed by atoms with E-state index >= 15 is 0 Å². The van der Waals surface area contributed by atoms with Crippen molar-refractivity contribution in [2.75, 3.05) is 5.01 Å². The van der Waals surface area contributed by atoms with Crippen molar-refractivity contribution in [2.24, 2.45) is 5.10 Å². The maximum atomic E-state index is 13.0. The van der Waals surface area contributed by atoms with E-state index in [1.807, 2.05) is 36.4 Å². The Hall–Kier alpha value is -2.75. The van der Waals surface area contributed by atoms with Gasteiger partial charge in [-0.25, -0.2) is 4.39 Å². The summed E-state index contributed by atoms with van der Waals surface area (Å²) >= 11 is 0. The molecule has 1 amide bonds. The van der Waals surface area contributed by atoms with Crippen LogP contribution in [0, 0.1) is 5.82 Å². The molecule has 0 saturated heterocycles. The second-order valence-electron chi connectivity index (χ2n) is 4.75. The average Bonchev–Trinajstić information content (AvgIpc) is 2.77. The molecule has 2 aromatic carbocycles. The van der Waals surface area contributed by atoms with Crippen molar-refractivity contribution in [3.8, 4) is 0 Å². The number of anilines is 1. The molecule has 0 aliphatic carbocycles. The third-order valence-corrected chi connectivity index (χ3v) is 3.24. The predicted octanol–water partition coefficient (Wildman–Crippen LogP) is 3.63. The Morgan fingerprint density at radius 1 is 1.05 bits per heavy atom. The van der Waals surface area contributed by atoms with Crippen LogP contribution >= 0.6 is 0 Å². The highest BCUT2D eigenvalue weighted by Gasteiger charge is 2.28. The summed E-state index contributed by atoms with van der Waals surface area (Å²) in [7, 11) is 0. The molecule has 1 aliphatic heterocycles. The predicted molar refractivity (Wildman–Crippen MR) is 81.4 cm³/mol. The number of nitrogens with zero attached hydrogens (tertiary/aromatic N) is 2. The SMILES string of the molecule is CC1=NN(c2ccc(F)cc2)C(=O)/C1=C/c1ccccc1. The van der Waals surface area contributed by atoms with Crippen LogP contribution < -0.4 is 5.01 Å². The highest BCUT2D eigenvalue weighted by Crippen LogP contribution is 2.25. The Bertz CT molecular complexity index is 733. The number of amides is 1. The molecule has 0 fully saturated rings. The van der Waals surface area contributed by atoms with Gasteiger partial charge in [0.15, 0.2) is 0 Å². The van der Waals surface area contributed by atoms with E-state index in [-0.39, 0.29) is 11.7 Å². The van der Waals surface area contributed by atoms with Gasteiger partial charge in [-0.3, -0.25) is 4.79 Å². The first-order chi connectivity index (χ1) is 10.1. The molecule has 104 valence electrons. The lowest BCUT2D eigenvalue weighted by atomic mass is 10.1. The molecule has 1 heterocycles. The summed E-state index contributed by atoms with van der Waals surface area (Å²) in [5.41, 5.74) is 2.69. The van der Waals surface area contributed by atoms with Crippen LogP contribution in [0.5, 0.6) is 0 Å². The molecule has 0 atom stereocenters. The zero-order valence-electron chi connectivity index (χ0n) is 11.5. The van der Waals surface area contributed by atoms with Gasteiger partial charge < -0.3 is 0 Å². The van der Waals surface area contributed by atoms with Crippen LogP contribution in [0.3, 0.4) is 0 Å². The van der Waals surface area contributed by atoms with Gasteiger partial charge in [0.1, 0.15) is 5.82 Å². The largest absolute Gasteiger partial charge is 0.280 e. The summed E-state index contributed by atoms with van der Waals surface area (Å²) in [4.78, 5) is 12.5. The van der Waals surface area contributed by atoms with Gasteiger partial charge in [-0.15, -0.1) is 0 Å². The number of benzene rings is 2. The smallest absolute Gasteiger partial charge is 0.267 e. The molecular formula is C17H13FN2O. The molecule has 0 bridgehead atoms. The fourth-order valence-electron chi connectivity index (χ4n) is 2.16. The molecule has 3 rings (SSSR count). The molecule has 21 heavy (non-hydrogen) atoms. The minimum Gasteiger partial charge on any atom is -0.267 e. The number of halogens is 1. The molecule has 0 spiro atoms. The molecule has 4 heteroatoms. The second-order valence-corrected chi connectivity index (χ2v) is 4.75. The molecule has 1 aliphatic rings. The van der Waals surface area contributed by atoms with Gasteiger partial charge in [0.2, 0.25) is 0 Å². The van der Waals surface area contributed by atoms with Gasteiger partial charge in [0.05, 0.1) is 17.0 Å². The van der Waals surface area contributed by atoms with E-state index in [4.69, 9.17) is 0 Å². The van der Waals surface area contributed by atoms with E-state index in [9.17, 15) is 9.18 Å². The number of carbonyl (C=O) groups is 1. The third-order valence-electron chi connectivity index (χ3n) is 3.24. The number of hydrogen-bond acceptors (Lipinski definition) is 2. The lowest BCUT2D eigenvalue weighted by Crippen LogP contribution is -2.21. The Morgan fingerprint density at radius 2 is 1.71 bits per heavy atom. The summed E-state index contributed by atoms with van der Waals surface area (Å²) in [5, 5.41) is 5.55. The molecule has 2 aromatic rings. The summed E-state index contributed by atoms with van der Waals surface area (Å²) < 4.78 is 13.0. The van der Waals surface area contributed by atoms with Crippen molar-refractivity contribution < 1.29 is 9.18 Å². The molecule has 0 unspecified atom stereocenters. The van der Waals surface area contributed by atoms with E-state index in [2.05, 4.69) is 5.10 Å². The zero-order chi connectivity index (χ0) is 14.8. The van der Waals surface area contributed by atoms with E-state index < -0.39 is 0 Å². The van der Waals surface area contributed by atoms with Gasteiger partial charge >= 0.3 is 0 Å². The fraction of sp³-hybridized carbons (Fsp3) is 0.0588. The fourth-order valence-corrected chi connectivity index (χ4v) is 2.16. The second kappa shape index (κ2) is 5.32. The van der Waals surface area contributed by atoms with Crippen LogP contribution in [0.15, 0.2) is 65.3 Å². The van der Waals surface area contributed by atoms with Crippen LogP contribution in [0.4, 0.5) is 10.1 Å². The van der Waals surface area contributed by atoms with Gasteiger partial charge in [0, 0.05) is 0 Å². The lowest BCUT2D eigenvalue weighted by molar-refractivity contribution is -0.114. The van der Waals surface area contributed by atoms with Gasteiger partial charge in [-0.2, -0.15) is 10.1 Å². The van der Waals surface area contributed by atoms with Gasteiger partial charge in [0.25, 0.3) is 5.91 Å². The normalized spacial score (nSPS) is 16.5. The monoisotopic (exact) mass is 280 g/mol. The van der Waals surface area contributed by atoms with Crippen molar-refractivity contribution in [1.82, 2.24) is 0 Å². The summed E-state index contributed by atoms with van der Waals surface area (Å²) in [6.45, 7) is 1.79. The Balaban J connectivity index is 1.94. The lowest BCUT2D eigenvalue weighted by Gasteiger charge is -2.11. The molecule has 0 radical (unpaired) electrons.